The van der Waals surface area contributed by atoms with Gasteiger partial charge in [-0.3, -0.25) is 4.79 Å². The van der Waals surface area contributed by atoms with Crippen LogP contribution in [0.5, 0.6) is 0 Å². The Morgan fingerprint density at radius 2 is 2.25 bits per heavy atom. The molecular weight excluding hydrogens is 317 g/mol. The standard InChI is InChI=1S/C12H16INO2/c1-3-12(2,16)8-14-11(15)9-5-4-6-10(13)7-9/h4-7,16H,3,8H2,1-2H3,(H,14,15). The molecule has 1 unspecified atom stereocenters. The maximum Gasteiger partial charge on any atom is 0.251 e. The van der Waals surface area contributed by atoms with Crippen LogP contribution in [0.3, 0.4) is 0 Å². The lowest BCUT2D eigenvalue weighted by molar-refractivity contribution is 0.0518. The third-order valence-corrected chi connectivity index (χ3v) is 3.15. The zero-order valence-corrected chi connectivity index (χ0v) is 11.6. The highest BCUT2D eigenvalue weighted by Crippen LogP contribution is 2.09. The normalized spacial score (nSPS) is 14.2. The first-order chi connectivity index (χ1) is 7.44. The van der Waals surface area contributed by atoms with Gasteiger partial charge in [-0.1, -0.05) is 13.0 Å². The van der Waals surface area contributed by atoms with Gasteiger partial charge >= 0.3 is 0 Å². The number of hydrogen-bond donors (Lipinski definition) is 2. The molecule has 2 N–H and O–H groups in total. The van der Waals surface area contributed by atoms with E-state index in [0.29, 0.717) is 12.0 Å². The lowest BCUT2D eigenvalue weighted by Crippen LogP contribution is -2.40. The monoisotopic (exact) mass is 333 g/mol. The number of amides is 1. The molecule has 0 aliphatic rings. The Kier molecular flexibility index (Phi) is 4.73. The van der Waals surface area contributed by atoms with Crippen molar-refractivity contribution in [1.29, 1.82) is 0 Å². The summed E-state index contributed by atoms with van der Waals surface area (Å²) in [5.74, 6) is -0.146. The van der Waals surface area contributed by atoms with Gasteiger partial charge in [-0.05, 0) is 54.1 Å². The molecule has 0 saturated carbocycles. The van der Waals surface area contributed by atoms with E-state index in [4.69, 9.17) is 0 Å². The van der Waals surface area contributed by atoms with Crippen LogP contribution in [0, 0.1) is 3.57 Å². The highest BCUT2D eigenvalue weighted by molar-refractivity contribution is 14.1. The quantitative estimate of drug-likeness (QED) is 0.830. The molecule has 3 nitrogen and oxygen atoms in total. The van der Waals surface area contributed by atoms with Crippen LogP contribution in [0.15, 0.2) is 24.3 Å². The van der Waals surface area contributed by atoms with Gasteiger partial charge in [0.2, 0.25) is 0 Å². The predicted octanol–water partition coefficient (Wildman–Crippen LogP) is 2.18. The Hall–Kier alpha value is -0.620. The van der Waals surface area contributed by atoms with Crippen LogP contribution in [-0.2, 0) is 0 Å². The molecule has 0 aromatic heterocycles. The second-order valence-electron chi connectivity index (χ2n) is 4.04. The summed E-state index contributed by atoms with van der Waals surface area (Å²) in [7, 11) is 0. The van der Waals surface area contributed by atoms with Crippen molar-refractivity contribution in [3.8, 4) is 0 Å². The molecule has 0 heterocycles. The van der Waals surface area contributed by atoms with Crippen LogP contribution in [0.25, 0.3) is 0 Å². The molecular formula is C12H16INO2. The number of rotatable bonds is 4. The molecule has 1 rings (SSSR count). The Balaban J connectivity index is 2.60. The third-order valence-electron chi connectivity index (χ3n) is 2.48. The van der Waals surface area contributed by atoms with Crippen molar-refractivity contribution in [3.05, 3.63) is 33.4 Å². The average Bonchev–Trinajstić information content (AvgIpc) is 2.26. The summed E-state index contributed by atoms with van der Waals surface area (Å²) in [6.45, 7) is 3.87. The van der Waals surface area contributed by atoms with Crippen molar-refractivity contribution >= 4 is 28.5 Å². The molecule has 0 bridgehead atoms. The number of aliphatic hydroxyl groups is 1. The summed E-state index contributed by atoms with van der Waals surface area (Å²) in [5, 5.41) is 12.5. The fourth-order valence-corrected chi connectivity index (χ4v) is 1.67. The Bertz CT molecular complexity index is 377. The highest BCUT2D eigenvalue weighted by atomic mass is 127. The summed E-state index contributed by atoms with van der Waals surface area (Å²) in [6, 6.07) is 7.35. The zero-order chi connectivity index (χ0) is 12.2. The van der Waals surface area contributed by atoms with Crippen molar-refractivity contribution in [2.75, 3.05) is 6.54 Å². The maximum absolute atomic E-state index is 11.7. The van der Waals surface area contributed by atoms with Gasteiger partial charge in [0.15, 0.2) is 0 Å². The molecule has 0 spiro atoms. The predicted molar refractivity (Wildman–Crippen MR) is 72.4 cm³/mol. The number of halogens is 1. The molecule has 1 aromatic carbocycles. The molecule has 4 heteroatoms. The van der Waals surface area contributed by atoms with Crippen molar-refractivity contribution in [3.63, 3.8) is 0 Å². The molecule has 1 amide bonds. The van der Waals surface area contributed by atoms with Crippen molar-refractivity contribution in [2.45, 2.75) is 25.9 Å². The van der Waals surface area contributed by atoms with Gasteiger partial charge in [0.1, 0.15) is 0 Å². The van der Waals surface area contributed by atoms with Crippen molar-refractivity contribution < 1.29 is 9.90 Å². The van der Waals surface area contributed by atoms with E-state index in [1.54, 1.807) is 13.0 Å². The minimum atomic E-state index is -0.836. The van der Waals surface area contributed by atoms with Gasteiger partial charge in [-0.15, -0.1) is 0 Å². The van der Waals surface area contributed by atoms with E-state index >= 15 is 0 Å². The minimum Gasteiger partial charge on any atom is -0.388 e. The van der Waals surface area contributed by atoms with E-state index in [0.717, 1.165) is 3.57 Å². The molecule has 0 aliphatic carbocycles. The van der Waals surface area contributed by atoms with E-state index < -0.39 is 5.60 Å². The summed E-state index contributed by atoms with van der Waals surface area (Å²) in [4.78, 5) is 11.7. The fraction of sp³-hybridized carbons (Fsp3) is 0.417. The molecule has 1 aromatic rings. The summed E-state index contributed by atoms with van der Waals surface area (Å²) in [5.41, 5.74) is -0.212. The van der Waals surface area contributed by atoms with E-state index in [2.05, 4.69) is 27.9 Å². The SMILES string of the molecule is CCC(C)(O)CNC(=O)c1cccc(I)c1. The Morgan fingerprint density at radius 3 is 2.81 bits per heavy atom. The second kappa shape index (κ2) is 5.63. The lowest BCUT2D eigenvalue weighted by atomic mass is 10.0. The smallest absolute Gasteiger partial charge is 0.251 e. The number of hydrogen-bond acceptors (Lipinski definition) is 2. The van der Waals surface area contributed by atoms with Crippen molar-refractivity contribution in [2.24, 2.45) is 0 Å². The van der Waals surface area contributed by atoms with E-state index in [1.807, 2.05) is 25.1 Å². The number of carbonyl (C=O) groups is 1. The third kappa shape index (κ3) is 4.09. The second-order valence-corrected chi connectivity index (χ2v) is 5.29. The van der Waals surface area contributed by atoms with Crippen LogP contribution >= 0.6 is 22.6 Å². The first-order valence-corrected chi connectivity index (χ1v) is 6.28. The molecule has 0 radical (unpaired) electrons. The van der Waals surface area contributed by atoms with Gasteiger partial charge < -0.3 is 10.4 Å². The first-order valence-electron chi connectivity index (χ1n) is 5.21. The van der Waals surface area contributed by atoms with Crippen molar-refractivity contribution in [1.82, 2.24) is 5.32 Å². The molecule has 0 saturated heterocycles. The van der Waals surface area contributed by atoms with E-state index in [1.165, 1.54) is 0 Å². The van der Waals surface area contributed by atoms with Crippen LogP contribution in [0.2, 0.25) is 0 Å². The zero-order valence-electron chi connectivity index (χ0n) is 9.46. The highest BCUT2D eigenvalue weighted by Gasteiger charge is 2.18. The van der Waals surface area contributed by atoms with Crippen LogP contribution in [0.4, 0.5) is 0 Å². The largest absolute Gasteiger partial charge is 0.388 e. The first kappa shape index (κ1) is 13.4. The molecule has 1 atom stereocenters. The van der Waals surface area contributed by atoms with Gasteiger partial charge in [-0.25, -0.2) is 0 Å². The van der Waals surface area contributed by atoms with Crippen LogP contribution in [0.1, 0.15) is 30.6 Å². The summed E-state index contributed by atoms with van der Waals surface area (Å²) < 4.78 is 1.02. The van der Waals surface area contributed by atoms with E-state index in [-0.39, 0.29) is 12.5 Å². The summed E-state index contributed by atoms with van der Waals surface area (Å²) >= 11 is 2.16. The van der Waals surface area contributed by atoms with Gasteiger partial charge in [0, 0.05) is 15.7 Å². The average molecular weight is 333 g/mol. The van der Waals surface area contributed by atoms with Gasteiger partial charge in [0.05, 0.1) is 5.60 Å². The molecule has 16 heavy (non-hydrogen) atoms. The van der Waals surface area contributed by atoms with Gasteiger partial charge in [0.25, 0.3) is 5.91 Å². The fourth-order valence-electron chi connectivity index (χ4n) is 1.13. The molecule has 0 aliphatic heterocycles. The van der Waals surface area contributed by atoms with Gasteiger partial charge in [-0.2, -0.15) is 0 Å². The minimum absolute atomic E-state index is 0.146. The molecule has 0 fully saturated rings. The topological polar surface area (TPSA) is 49.3 Å². The Labute approximate surface area is 109 Å². The number of carbonyl (C=O) groups excluding carboxylic acids is 1. The van der Waals surface area contributed by atoms with Crippen LogP contribution < -0.4 is 5.32 Å². The number of nitrogens with one attached hydrogen (secondary N) is 1. The molecule has 88 valence electrons. The maximum atomic E-state index is 11.7. The van der Waals surface area contributed by atoms with E-state index in [9.17, 15) is 9.90 Å². The summed E-state index contributed by atoms with van der Waals surface area (Å²) in [6.07, 6.45) is 0.611. The van der Waals surface area contributed by atoms with Crippen LogP contribution in [-0.4, -0.2) is 23.2 Å². The Morgan fingerprint density at radius 1 is 1.56 bits per heavy atom. The lowest BCUT2D eigenvalue weighted by Gasteiger charge is -2.21. The number of benzene rings is 1.